The number of hydrogen-bond acceptors (Lipinski definition) is 6. The highest BCUT2D eigenvalue weighted by molar-refractivity contribution is 7.92. The third-order valence-corrected chi connectivity index (χ3v) is 9.83. The van der Waals surface area contributed by atoms with Crippen molar-refractivity contribution in [2.45, 2.75) is 75.9 Å². The summed E-state index contributed by atoms with van der Waals surface area (Å²) in [6.07, 6.45) is 5.47. The van der Waals surface area contributed by atoms with Crippen LogP contribution < -0.4 is 19.1 Å². The average Bonchev–Trinajstić information content (AvgIpc) is 3.03. The maximum atomic E-state index is 14.4. The molecule has 9 nitrogen and oxygen atoms in total. The Kier molecular flexibility index (Phi) is 11.3. The Labute approximate surface area is 261 Å². The van der Waals surface area contributed by atoms with Gasteiger partial charge >= 0.3 is 0 Å². The second kappa shape index (κ2) is 15.1. The average molecular weight is 622 g/mol. The first-order chi connectivity index (χ1) is 21.2. The fraction of sp³-hybridized carbons (Fsp3) is 0.412. The van der Waals surface area contributed by atoms with Gasteiger partial charge in [-0.1, -0.05) is 68.1 Å². The highest BCUT2D eigenvalue weighted by Gasteiger charge is 2.35. The zero-order valence-corrected chi connectivity index (χ0v) is 26.8. The van der Waals surface area contributed by atoms with Crippen molar-refractivity contribution in [3.8, 4) is 11.5 Å². The van der Waals surface area contributed by atoms with E-state index in [2.05, 4.69) is 5.32 Å². The van der Waals surface area contributed by atoms with Crippen molar-refractivity contribution in [1.29, 1.82) is 0 Å². The molecule has 0 unspecified atom stereocenters. The molecule has 44 heavy (non-hydrogen) atoms. The van der Waals surface area contributed by atoms with Gasteiger partial charge in [-0.2, -0.15) is 0 Å². The smallest absolute Gasteiger partial charge is 0.264 e. The van der Waals surface area contributed by atoms with E-state index in [1.165, 1.54) is 31.3 Å². The Hall–Kier alpha value is -4.05. The van der Waals surface area contributed by atoms with Crippen molar-refractivity contribution < 1.29 is 27.5 Å². The first-order valence-corrected chi connectivity index (χ1v) is 16.6. The molecule has 10 heteroatoms. The van der Waals surface area contributed by atoms with E-state index in [1.54, 1.807) is 36.4 Å². The summed E-state index contributed by atoms with van der Waals surface area (Å²) in [5.41, 5.74) is 2.09. The molecule has 4 rings (SSSR count). The van der Waals surface area contributed by atoms with Crippen LogP contribution in [0.1, 0.15) is 56.6 Å². The van der Waals surface area contributed by atoms with Gasteiger partial charge in [0.05, 0.1) is 24.8 Å². The summed E-state index contributed by atoms with van der Waals surface area (Å²) in [6.45, 7) is 3.45. The third kappa shape index (κ3) is 7.91. The van der Waals surface area contributed by atoms with Gasteiger partial charge in [0.1, 0.15) is 24.1 Å². The summed E-state index contributed by atoms with van der Waals surface area (Å²) in [6, 6.07) is 19.7. The predicted molar refractivity (Wildman–Crippen MR) is 171 cm³/mol. The number of carbonyl (C=O) groups is 2. The monoisotopic (exact) mass is 621 g/mol. The van der Waals surface area contributed by atoms with E-state index in [4.69, 9.17) is 9.47 Å². The summed E-state index contributed by atoms with van der Waals surface area (Å²) in [7, 11) is -1.29. The number of anilines is 1. The van der Waals surface area contributed by atoms with Crippen molar-refractivity contribution in [2.75, 3.05) is 25.1 Å². The molecular formula is C34H43N3O6S. The zero-order valence-electron chi connectivity index (χ0n) is 26.0. The van der Waals surface area contributed by atoms with Crippen molar-refractivity contribution in [3.05, 3.63) is 83.9 Å². The van der Waals surface area contributed by atoms with E-state index in [1.807, 2.05) is 38.1 Å². The standard InChI is InChI=1S/C34H43N3O6S/c1-5-30(34(39)35-27-14-7-6-8-15-27)36(23-26-13-11-12-25(2)22-26)33(38)24-37(31-16-9-10-17-32(31)43-4)44(40,41)29-20-18-28(42-3)19-21-29/h9-13,16-22,27,30H,5-8,14-15,23-24H2,1-4H3,(H,35,39)/t30-/m1/s1. The Bertz CT molecular complexity index is 1520. The Balaban J connectivity index is 1.74. The minimum absolute atomic E-state index is 0.00989. The second-order valence-electron chi connectivity index (χ2n) is 11.1. The Morgan fingerprint density at radius 3 is 2.27 bits per heavy atom. The van der Waals surface area contributed by atoms with E-state index < -0.39 is 28.5 Å². The molecule has 0 radical (unpaired) electrons. The van der Waals surface area contributed by atoms with Gasteiger partial charge in [0, 0.05) is 12.6 Å². The molecule has 2 amide bonds. The Morgan fingerprint density at radius 1 is 0.932 bits per heavy atom. The van der Waals surface area contributed by atoms with Crippen LogP contribution in [0.3, 0.4) is 0 Å². The van der Waals surface area contributed by atoms with Crippen LogP contribution in [0.25, 0.3) is 0 Å². The number of hydrogen-bond donors (Lipinski definition) is 1. The number of amides is 2. The lowest BCUT2D eigenvalue weighted by molar-refractivity contribution is -0.140. The number of ether oxygens (including phenoxy) is 2. The largest absolute Gasteiger partial charge is 0.497 e. The topological polar surface area (TPSA) is 105 Å². The van der Waals surface area contributed by atoms with Crippen LogP contribution in [0.2, 0.25) is 0 Å². The lowest BCUT2D eigenvalue weighted by atomic mass is 9.95. The quantitative estimate of drug-likeness (QED) is 0.272. The fourth-order valence-electron chi connectivity index (χ4n) is 5.70. The molecule has 236 valence electrons. The van der Waals surface area contributed by atoms with E-state index in [0.29, 0.717) is 17.9 Å². The predicted octanol–water partition coefficient (Wildman–Crippen LogP) is 5.46. The first-order valence-electron chi connectivity index (χ1n) is 15.1. The lowest BCUT2D eigenvalue weighted by Crippen LogP contribution is -2.54. The highest BCUT2D eigenvalue weighted by Crippen LogP contribution is 2.33. The van der Waals surface area contributed by atoms with Crippen LogP contribution in [0.5, 0.6) is 11.5 Å². The second-order valence-corrected chi connectivity index (χ2v) is 13.0. The molecule has 3 aromatic rings. The van der Waals surface area contributed by atoms with Gasteiger partial charge in [-0.15, -0.1) is 0 Å². The van der Waals surface area contributed by atoms with E-state index >= 15 is 0 Å². The molecule has 1 atom stereocenters. The minimum Gasteiger partial charge on any atom is -0.497 e. The number of nitrogens with one attached hydrogen (secondary N) is 1. The fourth-order valence-corrected chi connectivity index (χ4v) is 7.12. The van der Waals surface area contributed by atoms with E-state index in [9.17, 15) is 18.0 Å². The molecular weight excluding hydrogens is 578 g/mol. The summed E-state index contributed by atoms with van der Waals surface area (Å²) in [4.78, 5) is 29.6. The summed E-state index contributed by atoms with van der Waals surface area (Å²) < 4.78 is 40.1. The number of nitrogens with zero attached hydrogens (tertiary/aromatic N) is 2. The minimum atomic E-state index is -4.25. The summed E-state index contributed by atoms with van der Waals surface area (Å²) in [5, 5.41) is 3.18. The van der Waals surface area contributed by atoms with Gasteiger partial charge in [0.2, 0.25) is 11.8 Å². The number of para-hydroxylation sites is 2. The highest BCUT2D eigenvalue weighted by atomic mass is 32.2. The van der Waals surface area contributed by atoms with Crippen LogP contribution in [0.4, 0.5) is 5.69 Å². The van der Waals surface area contributed by atoms with Crippen molar-refractivity contribution in [2.24, 2.45) is 0 Å². The van der Waals surface area contributed by atoms with Gasteiger partial charge in [-0.25, -0.2) is 8.42 Å². The van der Waals surface area contributed by atoms with Gasteiger partial charge in [0.25, 0.3) is 10.0 Å². The molecule has 0 heterocycles. The van der Waals surface area contributed by atoms with Crippen LogP contribution in [0, 0.1) is 6.92 Å². The molecule has 1 aliphatic carbocycles. The van der Waals surface area contributed by atoms with Crippen molar-refractivity contribution in [3.63, 3.8) is 0 Å². The third-order valence-electron chi connectivity index (χ3n) is 8.05. The molecule has 1 fully saturated rings. The van der Waals surface area contributed by atoms with Gasteiger partial charge in [-0.05, 0) is 68.1 Å². The number of rotatable bonds is 13. The van der Waals surface area contributed by atoms with E-state index in [-0.39, 0.29) is 29.1 Å². The van der Waals surface area contributed by atoms with Gasteiger partial charge in [-0.3, -0.25) is 13.9 Å². The number of methoxy groups -OCH3 is 2. The molecule has 1 saturated carbocycles. The zero-order chi connectivity index (χ0) is 31.7. The van der Waals surface area contributed by atoms with Gasteiger partial charge < -0.3 is 19.7 Å². The lowest BCUT2D eigenvalue weighted by Gasteiger charge is -2.34. The maximum absolute atomic E-state index is 14.4. The van der Waals surface area contributed by atoms with Crippen LogP contribution >= 0.6 is 0 Å². The SMILES string of the molecule is CC[C@H](C(=O)NC1CCCCC1)N(Cc1cccc(C)c1)C(=O)CN(c1ccccc1OC)S(=O)(=O)c1ccc(OC)cc1. The molecule has 0 saturated heterocycles. The number of benzene rings is 3. The molecule has 0 spiro atoms. The maximum Gasteiger partial charge on any atom is 0.264 e. The Morgan fingerprint density at radius 2 is 1.64 bits per heavy atom. The van der Waals surface area contributed by atoms with Crippen LogP contribution in [-0.4, -0.2) is 58.0 Å². The van der Waals surface area contributed by atoms with Gasteiger partial charge in [0.15, 0.2) is 0 Å². The van der Waals surface area contributed by atoms with Crippen molar-refractivity contribution in [1.82, 2.24) is 10.2 Å². The van der Waals surface area contributed by atoms with E-state index in [0.717, 1.165) is 47.5 Å². The molecule has 0 aliphatic heterocycles. The molecule has 0 bridgehead atoms. The summed E-state index contributed by atoms with van der Waals surface area (Å²) in [5.74, 6) is 0.0788. The molecule has 0 aromatic heterocycles. The number of carbonyl (C=O) groups excluding carboxylic acids is 2. The number of aryl methyl sites for hydroxylation is 1. The number of sulfonamides is 1. The van der Waals surface area contributed by atoms with Crippen LogP contribution in [0.15, 0.2) is 77.7 Å². The molecule has 1 N–H and O–H groups in total. The van der Waals surface area contributed by atoms with Crippen LogP contribution in [-0.2, 0) is 26.2 Å². The first kappa shape index (κ1) is 32.9. The summed E-state index contributed by atoms with van der Waals surface area (Å²) >= 11 is 0. The van der Waals surface area contributed by atoms with Crippen molar-refractivity contribution >= 4 is 27.5 Å². The molecule has 1 aliphatic rings. The normalized spacial score (nSPS) is 14.4. The molecule has 3 aromatic carbocycles.